The summed E-state index contributed by atoms with van der Waals surface area (Å²) in [4.78, 5) is 26.4. The van der Waals surface area contributed by atoms with Gasteiger partial charge in [0.1, 0.15) is 17.1 Å². The quantitative estimate of drug-likeness (QED) is 0.494. The third kappa shape index (κ3) is 5.39. The Balaban J connectivity index is 1.54. The van der Waals surface area contributed by atoms with E-state index in [4.69, 9.17) is 4.74 Å². The Hall–Kier alpha value is -3.63. The molecule has 0 spiro atoms. The topological polar surface area (TPSA) is 91.9 Å². The van der Waals surface area contributed by atoms with Crippen molar-refractivity contribution in [3.8, 4) is 11.5 Å². The number of nitrogens with one attached hydrogen (secondary N) is 3. The smallest absolute Gasteiger partial charge is 0.487 e. The third-order valence-corrected chi connectivity index (χ3v) is 6.45. The largest absolute Gasteiger partial charge is 0.573 e. The first-order valence-electron chi connectivity index (χ1n) is 11.3. The van der Waals surface area contributed by atoms with E-state index >= 15 is 0 Å². The zero-order valence-corrected chi connectivity index (χ0v) is 19.6. The number of nitrogens with zero attached hydrogens (tertiary/aromatic N) is 1. The molecule has 0 bridgehead atoms. The number of ether oxygens (including phenoxy) is 2. The Labute approximate surface area is 200 Å². The summed E-state index contributed by atoms with van der Waals surface area (Å²) in [5.41, 5.74) is 1.95. The van der Waals surface area contributed by atoms with E-state index in [1.807, 2.05) is 19.9 Å². The first-order valence-corrected chi connectivity index (χ1v) is 11.3. The summed E-state index contributed by atoms with van der Waals surface area (Å²) in [5.74, 6) is -0.142. The molecule has 0 aromatic heterocycles. The number of anilines is 2. The van der Waals surface area contributed by atoms with Gasteiger partial charge in [0.15, 0.2) is 0 Å². The molecule has 8 nitrogen and oxygen atoms in total. The van der Waals surface area contributed by atoms with Gasteiger partial charge in [-0.15, -0.1) is 13.2 Å². The molecule has 0 unspecified atom stereocenters. The van der Waals surface area contributed by atoms with Gasteiger partial charge in [-0.3, -0.25) is 0 Å². The molecule has 4 amide bonds. The van der Waals surface area contributed by atoms with Gasteiger partial charge in [-0.05, 0) is 42.7 Å². The van der Waals surface area contributed by atoms with Crippen molar-refractivity contribution in [2.45, 2.75) is 57.7 Å². The zero-order valence-electron chi connectivity index (χ0n) is 19.6. The first-order chi connectivity index (χ1) is 16.5. The number of halogens is 3. The predicted octanol–water partition coefficient (Wildman–Crippen LogP) is 5.77. The van der Waals surface area contributed by atoms with Crippen LogP contribution in [0.1, 0.15) is 50.3 Å². The van der Waals surface area contributed by atoms with E-state index in [1.54, 1.807) is 24.1 Å². The number of alkyl halides is 3. The lowest BCUT2D eigenvalue weighted by molar-refractivity contribution is -0.274. The highest BCUT2D eigenvalue weighted by Gasteiger charge is 2.40. The van der Waals surface area contributed by atoms with Crippen LogP contribution >= 0.6 is 0 Å². The summed E-state index contributed by atoms with van der Waals surface area (Å²) in [6.45, 7) is 4.32. The normalized spacial score (nSPS) is 18.5. The van der Waals surface area contributed by atoms with Crippen molar-refractivity contribution in [2.75, 3.05) is 17.7 Å². The monoisotopic (exact) mass is 492 g/mol. The van der Waals surface area contributed by atoms with E-state index in [-0.39, 0.29) is 17.5 Å². The maximum atomic E-state index is 12.9. The number of fused-ring (bicyclic) bond motifs is 2. The molecule has 3 N–H and O–H groups in total. The predicted molar refractivity (Wildman–Crippen MR) is 124 cm³/mol. The highest BCUT2D eigenvalue weighted by Crippen LogP contribution is 2.44. The molecule has 1 atom stereocenters. The number of urea groups is 2. The molecule has 188 valence electrons. The lowest BCUT2D eigenvalue weighted by Crippen LogP contribution is -2.45. The van der Waals surface area contributed by atoms with Crippen LogP contribution in [0.4, 0.5) is 34.1 Å². The molecule has 2 aromatic rings. The molecule has 11 heteroatoms. The number of carbonyl (C=O) groups is 2. The van der Waals surface area contributed by atoms with Crippen LogP contribution in [0, 0.1) is 0 Å². The molecule has 0 radical (unpaired) electrons. The number of benzene rings is 2. The van der Waals surface area contributed by atoms with Crippen molar-refractivity contribution in [3.63, 3.8) is 0 Å². The highest BCUT2D eigenvalue weighted by molar-refractivity contribution is 5.95. The number of carbonyl (C=O) groups excluding carboxylic acids is 2. The van der Waals surface area contributed by atoms with Gasteiger partial charge in [0.2, 0.25) is 0 Å². The molecule has 4 rings (SSSR count). The maximum absolute atomic E-state index is 12.9. The first kappa shape index (κ1) is 24.5. The van der Waals surface area contributed by atoms with Gasteiger partial charge in [0, 0.05) is 43.0 Å². The number of hydrogen-bond donors (Lipinski definition) is 3. The number of hydrogen-bond acceptors (Lipinski definition) is 4. The van der Waals surface area contributed by atoms with Crippen LogP contribution in [0.3, 0.4) is 0 Å². The third-order valence-electron chi connectivity index (χ3n) is 6.45. The van der Waals surface area contributed by atoms with Gasteiger partial charge >= 0.3 is 18.4 Å². The Morgan fingerprint density at radius 1 is 1.23 bits per heavy atom. The van der Waals surface area contributed by atoms with Gasteiger partial charge in [0.25, 0.3) is 0 Å². The van der Waals surface area contributed by atoms with Gasteiger partial charge in [-0.1, -0.05) is 19.9 Å². The molecule has 0 saturated heterocycles. The number of amides is 4. The van der Waals surface area contributed by atoms with Crippen LogP contribution in [-0.4, -0.2) is 36.0 Å². The molecule has 35 heavy (non-hydrogen) atoms. The number of rotatable bonds is 5. The van der Waals surface area contributed by atoms with Crippen molar-refractivity contribution >= 4 is 23.4 Å². The average Bonchev–Trinajstić information content (AvgIpc) is 2.78. The summed E-state index contributed by atoms with van der Waals surface area (Å²) in [7, 11) is 1.69. The van der Waals surface area contributed by atoms with E-state index in [0.29, 0.717) is 42.7 Å². The van der Waals surface area contributed by atoms with Gasteiger partial charge in [0.05, 0.1) is 6.04 Å². The second-order valence-corrected chi connectivity index (χ2v) is 8.75. The minimum absolute atomic E-state index is 0.234. The fourth-order valence-electron chi connectivity index (χ4n) is 4.43. The van der Waals surface area contributed by atoms with E-state index in [0.717, 1.165) is 5.56 Å². The molecule has 2 aliphatic rings. The molecular formula is C24H27F3N4O4. The molecule has 2 aromatic carbocycles. The Bertz CT molecular complexity index is 1130. The Morgan fingerprint density at radius 2 is 1.97 bits per heavy atom. The lowest BCUT2D eigenvalue weighted by Gasteiger charge is -2.41. The van der Waals surface area contributed by atoms with Crippen molar-refractivity contribution in [1.82, 2.24) is 10.2 Å². The average molecular weight is 492 g/mol. The van der Waals surface area contributed by atoms with Crippen LogP contribution in [0.25, 0.3) is 0 Å². The van der Waals surface area contributed by atoms with Crippen LogP contribution in [-0.2, 0) is 6.54 Å². The molecule has 0 aliphatic carbocycles. The molecule has 2 heterocycles. The van der Waals surface area contributed by atoms with Crippen molar-refractivity contribution in [3.05, 3.63) is 47.5 Å². The summed E-state index contributed by atoms with van der Waals surface area (Å²) in [6.07, 6.45) is -3.17. The molecular weight excluding hydrogens is 465 g/mol. The Kier molecular flexibility index (Phi) is 6.44. The second kappa shape index (κ2) is 9.20. The fourth-order valence-corrected chi connectivity index (χ4v) is 4.43. The zero-order chi connectivity index (χ0) is 25.4. The summed E-state index contributed by atoms with van der Waals surface area (Å²) in [5, 5.41) is 8.47. The van der Waals surface area contributed by atoms with Crippen LogP contribution in [0.15, 0.2) is 36.4 Å². The van der Waals surface area contributed by atoms with E-state index in [1.165, 1.54) is 18.2 Å². The minimum atomic E-state index is -4.82. The van der Waals surface area contributed by atoms with Crippen molar-refractivity contribution in [2.24, 2.45) is 0 Å². The second-order valence-electron chi connectivity index (χ2n) is 8.75. The van der Waals surface area contributed by atoms with Crippen LogP contribution in [0.2, 0.25) is 0 Å². The van der Waals surface area contributed by atoms with Gasteiger partial charge in [-0.25, -0.2) is 9.59 Å². The summed E-state index contributed by atoms with van der Waals surface area (Å²) in [6, 6.07) is 7.92. The minimum Gasteiger partial charge on any atom is -0.487 e. The van der Waals surface area contributed by atoms with Crippen molar-refractivity contribution < 1.29 is 32.2 Å². The summed E-state index contributed by atoms with van der Waals surface area (Å²) < 4.78 is 48.3. The summed E-state index contributed by atoms with van der Waals surface area (Å²) >= 11 is 0. The standard InChI is InChI=1S/C24H27F3N4O4/c1-4-23(5-2)12-19(17-9-8-16(11-20(17)35-23)34-24(25,26)27)29-21(32)28-15-7-6-14-13-31(3)22(33)30-18(14)10-15/h6-11,19H,4-5,12-13H2,1-3H3,(H,30,33)(H2,28,29,32)/t19-/m1/s1. The highest BCUT2D eigenvalue weighted by atomic mass is 19.4. The molecule has 0 fully saturated rings. The van der Waals surface area contributed by atoms with E-state index < -0.39 is 24.0 Å². The SMILES string of the molecule is CCC1(CC)C[C@@H](NC(=O)Nc2ccc3c(c2)NC(=O)N(C)C3)c2ccc(OC(F)(F)F)cc2O1. The fraction of sp³-hybridized carbons (Fsp3) is 0.417. The lowest BCUT2D eigenvalue weighted by atomic mass is 9.83. The van der Waals surface area contributed by atoms with E-state index in [2.05, 4.69) is 20.7 Å². The Morgan fingerprint density at radius 3 is 2.66 bits per heavy atom. The van der Waals surface area contributed by atoms with E-state index in [9.17, 15) is 22.8 Å². The molecule has 0 saturated carbocycles. The van der Waals surface area contributed by atoms with Crippen LogP contribution in [0.5, 0.6) is 11.5 Å². The van der Waals surface area contributed by atoms with Crippen LogP contribution < -0.4 is 25.4 Å². The van der Waals surface area contributed by atoms with Crippen molar-refractivity contribution in [1.29, 1.82) is 0 Å². The maximum Gasteiger partial charge on any atom is 0.573 e. The van der Waals surface area contributed by atoms with Gasteiger partial charge in [-0.2, -0.15) is 0 Å². The molecule has 2 aliphatic heterocycles. The van der Waals surface area contributed by atoms with Gasteiger partial charge < -0.3 is 30.3 Å².